The lowest BCUT2D eigenvalue weighted by atomic mass is 9.95. The zero-order chi connectivity index (χ0) is 14.4. The second-order valence-electron chi connectivity index (χ2n) is 5.81. The Morgan fingerprint density at radius 1 is 0.950 bits per heavy atom. The van der Waals surface area contributed by atoms with Crippen LogP contribution in [0.15, 0.2) is 54.6 Å². The average molecular weight is 288 g/mol. The minimum Gasteiger partial charge on any atom is -0.308 e. The lowest BCUT2D eigenvalue weighted by molar-refractivity contribution is 0.360. The van der Waals surface area contributed by atoms with Crippen LogP contribution in [-0.2, 0) is 13.0 Å². The Kier molecular flexibility index (Phi) is 5.22. The highest BCUT2D eigenvalue weighted by Crippen LogP contribution is 2.18. The van der Waals surface area contributed by atoms with Crippen LogP contribution in [0.4, 0.5) is 0 Å². The van der Waals surface area contributed by atoms with Crippen molar-refractivity contribution in [2.24, 2.45) is 0 Å². The third-order valence-corrected chi connectivity index (χ3v) is 3.97. The fourth-order valence-corrected chi connectivity index (χ4v) is 2.37. The second-order valence-corrected chi connectivity index (χ2v) is 6.22. The Bertz CT molecular complexity index is 534. The summed E-state index contributed by atoms with van der Waals surface area (Å²) in [6.07, 6.45) is 2.19. The molecule has 2 rings (SSSR count). The molecule has 0 aliphatic heterocycles. The molecular weight excluding hydrogens is 266 g/mol. The molecule has 0 aromatic heterocycles. The molecule has 0 saturated carbocycles. The molecule has 0 aliphatic rings. The predicted molar refractivity (Wildman–Crippen MR) is 87.1 cm³/mol. The van der Waals surface area contributed by atoms with E-state index in [4.69, 9.17) is 11.6 Å². The standard InChI is InChI=1S/C18H22ClN/c1-18(2,13-12-15-8-4-3-5-9-15)20-14-16-10-6-7-11-17(16)19/h3-11,20H,12-14H2,1-2H3. The van der Waals surface area contributed by atoms with Crippen molar-refractivity contribution < 1.29 is 0 Å². The molecule has 0 atom stereocenters. The Morgan fingerprint density at radius 3 is 2.30 bits per heavy atom. The van der Waals surface area contributed by atoms with E-state index >= 15 is 0 Å². The van der Waals surface area contributed by atoms with Crippen LogP contribution in [0.1, 0.15) is 31.4 Å². The molecule has 0 unspecified atom stereocenters. The van der Waals surface area contributed by atoms with Crippen LogP contribution < -0.4 is 5.32 Å². The van der Waals surface area contributed by atoms with Gasteiger partial charge in [-0.05, 0) is 43.9 Å². The smallest absolute Gasteiger partial charge is 0.0450 e. The van der Waals surface area contributed by atoms with E-state index in [-0.39, 0.29) is 5.54 Å². The van der Waals surface area contributed by atoms with E-state index in [0.29, 0.717) is 0 Å². The first-order valence-corrected chi connectivity index (χ1v) is 7.47. The molecule has 1 nitrogen and oxygen atoms in total. The molecule has 0 amide bonds. The summed E-state index contributed by atoms with van der Waals surface area (Å²) in [5.41, 5.74) is 2.64. The number of aryl methyl sites for hydroxylation is 1. The second kappa shape index (κ2) is 6.92. The number of hydrogen-bond donors (Lipinski definition) is 1. The van der Waals surface area contributed by atoms with Crippen molar-refractivity contribution in [2.75, 3.05) is 0 Å². The quantitative estimate of drug-likeness (QED) is 0.801. The first-order chi connectivity index (χ1) is 9.57. The summed E-state index contributed by atoms with van der Waals surface area (Å²) in [6, 6.07) is 18.6. The van der Waals surface area contributed by atoms with Gasteiger partial charge >= 0.3 is 0 Å². The molecule has 0 radical (unpaired) electrons. The van der Waals surface area contributed by atoms with E-state index < -0.39 is 0 Å². The van der Waals surface area contributed by atoms with Crippen molar-refractivity contribution in [3.05, 3.63) is 70.7 Å². The Balaban J connectivity index is 1.86. The van der Waals surface area contributed by atoms with Gasteiger partial charge in [0.25, 0.3) is 0 Å². The van der Waals surface area contributed by atoms with E-state index in [1.165, 1.54) is 5.56 Å². The van der Waals surface area contributed by atoms with E-state index in [1.807, 2.05) is 18.2 Å². The Morgan fingerprint density at radius 2 is 1.60 bits per heavy atom. The largest absolute Gasteiger partial charge is 0.308 e. The molecule has 0 heterocycles. The minimum absolute atomic E-state index is 0.0923. The van der Waals surface area contributed by atoms with Gasteiger partial charge in [0, 0.05) is 17.1 Å². The van der Waals surface area contributed by atoms with E-state index in [2.05, 4.69) is 55.6 Å². The molecule has 0 bridgehead atoms. The molecule has 2 aromatic rings. The third kappa shape index (κ3) is 4.66. The summed E-state index contributed by atoms with van der Waals surface area (Å²) < 4.78 is 0. The number of benzene rings is 2. The fraction of sp³-hybridized carbons (Fsp3) is 0.333. The summed E-state index contributed by atoms with van der Waals surface area (Å²) in [6.45, 7) is 5.29. The molecule has 0 saturated heterocycles. The first-order valence-electron chi connectivity index (χ1n) is 7.09. The van der Waals surface area contributed by atoms with Crippen molar-refractivity contribution in [1.82, 2.24) is 5.32 Å². The number of nitrogens with one attached hydrogen (secondary N) is 1. The summed E-state index contributed by atoms with van der Waals surface area (Å²) in [5.74, 6) is 0. The SMILES string of the molecule is CC(C)(CCc1ccccc1)NCc1ccccc1Cl. The minimum atomic E-state index is 0.0923. The highest BCUT2D eigenvalue weighted by Gasteiger charge is 2.17. The maximum Gasteiger partial charge on any atom is 0.0450 e. The highest BCUT2D eigenvalue weighted by atomic mass is 35.5. The van der Waals surface area contributed by atoms with Crippen LogP contribution >= 0.6 is 11.6 Å². The summed E-state index contributed by atoms with van der Waals surface area (Å²) >= 11 is 6.19. The third-order valence-electron chi connectivity index (χ3n) is 3.60. The van der Waals surface area contributed by atoms with E-state index in [1.54, 1.807) is 0 Å². The van der Waals surface area contributed by atoms with Gasteiger partial charge in [0.1, 0.15) is 0 Å². The van der Waals surface area contributed by atoms with Gasteiger partial charge in [-0.15, -0.1) is 0 Å². The molecule has 1 N–H and O–H groups in total. The Labute approximate surface area is 127 Å². The van der Waals surface area contributed by atoms with Crippen molar-refractivity contribution in [1.29, 1.82) is 0 Å². The van der Waals surface area contributed by atoms with Gasteiger partial charge < -0.3 is 5.32 Å². The van der Waals surface area contributed by atoms with Crippen LogP contribution in [0.2, 0.25) is 5.02 Å². The lowest BCUT2D eigenvalue weighted by Crippen LogP contribution is -2.39. The Hall–Kier alpha value is -1.31. The number of rotatable bonds is 6. The molecule has 2 aromatic carbocycles. The molecule has 106 valence electrons. The summed E-state index contributed by atoms with van der Waals surface area (Å²) in [4.78, 5) is 0. The molecule has 0 aliphatic carbocycles. The van der Waals surface area contributed by atoms with Crippen LogP contribution in [0.25, 0.3) is 0 Å². The zero-order valence-electron chi connectivity index (χ0n) is 12.2. The summed E-state index contributed by atoms with van der Waals surface area (Å²) in [5, 5.41) is 4.43. The van der Waals surface area contributed by atoms with Crippen molar-refractivity contribution in [2.45, 2.75) is 38.8 Å². The van der Waals surface area contributed by atoms with Gasteiger partial charge in [0.2, 0.25) is 0 Å². The fourth-order valence-electron chi connectivity index (χ4n) is 2.17. The predicted octanol–water partition coefficient (Wildman–Crippen LogP) is 4.84. The van der Waals surface area contributed by atoms with Crippen molar-refractivity contribution in [3.8, 4) is 0 Å². The molecular formula is C18H22ClN. The van der Waals surface area contributed by atoms with Gasteiger partial charge in [-0.1, -0.05) is 60.1 Å². The van der Waals surface area contributed by atoms with E-state index in [9.17, 15) is 0 Å². The maximum absolute atomic E-state index is 6.19. The van der Waals surface area contributed by atoms with Crippen LogP contribution in [-0.4, -0.2) is 5.54 Å². The van der Waals surface area contributed by atoms with Crippen LogP contribution in [0, 0.1) is 0 Å². The van der Waals surface area contributed by atoms with Crippen molar-refractivity contribution >= 4 is 11.6 Å². The van der Waals surface area contributed by atoms with Crippen LogP contribution in [0.5, 0.6) is 0 Å². The van der Waals surface area contributed by atoms with E-state index in [0.717, 1.165) is 30.0 Å². The summed E-state index contributed by atoms with van der Waals surface area (Å²) in [7, 11) is 0. The number of halogens is 1. The zero-order valence-corrected chi connectivity index (χ0v) is 13.0. The topological polar surface area (TPSA) is 12.0 Å². The first kappa shape index (κ1) is 15.1. The molecule has 0 fully saturated rings. The monoisotopic (exact) mass is 287 g/mol. The normalized spacial score (nSPS) is 11.6. The van der Waals surface area contributed by atoms with Gasteiger partial charge in [-0.2, -0.15) is 0 Å². The highest BCUT2D eigenvalue weighted by molar-refractivity contribution is 6.31. The maximum atomic E-state index is 6.19. The number of hydrogen-bond acceptors (Lipinski definition) is 1. The lowest BCUT2D eigenvalue weighted by Gasteiger charge is -2.27. The molecule has 0 spiro atoms. The average Bonchev–Trinajstić information content (AvgIpc) is 2.46. The van der Waals surface area contributed by atoms with Gasteiger partial charge in [0.15, 0.2) is 0 Å². The molecule has 20 heavy (non-hydrogen) atoms. The van der Waals surface area contributed by atoms with Crippen molar-refractivity contribution in [3.63, 3.8) is 0 Å². The van der Waals surface area contributed by atoms with Crippen LogP contribution in [0.3, 0.4) is 0 Å². The van der Waals surface area contributed by atoms with Gasteiger partial charge in [-0.3, -0.25) is 0 Å². The molecule has 2 heteroatoms. The van der Waals surface area contributed by atoms with Gasteiger partial charge in [0.05, 0.1) is 0 Å². The van der Waals surface area contributed by atoms with Gasteiger partial charge in [-0.25, -0.2) is 0 Å².